The highest BCUT2D eigenvalue weighted by Crippen LogP contribution is 2.19. The quantitative estimate of drug-likeness (QED) is 0.724. The van der Waals surface area contributed by atoms with Gasteiger partial charge in [0, 0.05) is 26.2 Å². The first-order chi connectivity index (χ1) is 6.40. The van der Waals surface area contributed by atoms with E-state index in [1.165, 1.54) is 19.3 Å². The summed E-state index contributed by atoms with van der Waals surface area (Å²) in [6.45, 7) is 2.29. The first kappa shape index (κ1) is 8.41. The van der Waals surface area contributed by atoms with Crippen LogP contribution in [-0.2, 0) is 0 Å². The van der Waals surface area contributed by atoms with Crippen LogP contribution in [0.2, 0.25) is 0 Å². The normalized spacial score (nSPS) is 17.5. The Morgan fingerprint density at radius 1 is 1.38 bits per heavy atom. The Morgan fingerprint density at radius 3 is 2.77 bits per heavy atom. The zero-order chi connectivity index (χ0) is 9.10. The third kappa shape index (κ3) is 1.76. The van der Waals surface area contributed by atoms with E-state index in [1.54, 1.807) is 0 Å². The van der Waals surface area contributed by atoms with Gasteiger partial charge in [-0.25, -0.2) is 0 Å². The number of nitrogens with zero attached hydrogens (tertiary/aromatic N) is 2. The van der Waals surface area contributed by atoms with Crippen LogP contribution in [0.3, 0.4) is 0 Å². The maximum atomic E-state index is 4.25. The number of aromatic amines is 1. The van der Waals surface area contributed by atoms with E-state index >= 15 is 0 Å². The van der Waals surface area contributed by atoms with Crippen LogP contribution in [0.4, 0.5) is 11.6 Å². The lowest BCUT2D eigenvalue weighted by molar-refractivity contribution is 0.573. The van der Waals surface area contributed by atoms with Crippen LogP contribution < -0.4 is 10.2 Å². The molecule has 0 unspecified atom stereocenters. The Labute approximate surface area is 78.3 Å². The highest BCUT2D eigenvalue weighted by Gasteiger charge is 2.12. The van der Waals surface area contributed by atoms with Crippen molar-refractivity contribution in [1.82, 2.24) is 10.2 Å². The zero-order valence-corrected chi connectivity index (χ0v) is 8.01. The molecule has 1 aliphatic heterocycles. The fraction of sp³-hybridized carbons (Fsp3) is 0.667. The molecule has 0 spiro atoms. The number of nitrogens with one attached hydrogen (secondary N) is 2. The van der Waals surface area contributed by atoms with Gasteiger partial charge in [0.25, 0.3) is 0 Å². The summed E-state index contributed by atoms with van der Waals surface area (Å²) < 4.78 is 0. The van der Waals surface area contributed by atoms with Gasteiger partial charge in [-0.1, -0.05) is 0 Å². The number of H-pyrrole nitrogens is 1. The van der Waals surface area contributed by atoms with Crippen molar-refractivity contribution in [2.75, 3.05) is 30.4 Å². The molecular formula is C9H16N4. The number of hydrogen-bond donors (Lipinski definition) is 2. The van der Waals surface area contributed by atoms with Crippen molar-refractivity contribution in [3.8, 4) is 0 Å². The largest absolute Gasteiger partial charge is 0.373 e. The van der Waals surface area contributed by atoms with E-state index in [-0.39, 0.29) is 0 Å². The van der Waals surface area contributed by atoms with E-state index < -0.39 is 0 Å². The lowest BCUT2D eigenvalue weighted by Gasteiger charge is -2.26. The van der Waals surface area contributed by atoms with E-state index in [9.17, 15) is 0 Å². The fourth-order valence-electron chi connectivity index (χ4n) is 1.72. The van der Waals surface area contributed by atoms with Crippen LogP contribution in [0.15, 0.2) is 6.07 Å². The summed E-state index contributed by atoms with van der Waals surface area (Å²) in [7, 11) is 1.90. The third-order valence-corrected chi connectivity index (χ3v) is 2.51. The van der Waals surface area contributed by atoms with Crippen LogP contribution in [0.5, 0.6) is 0 Å². The van der Waals surface area contributed by atoms with Gasteiger partial charge in [0.15, 0.2) is 5.82 Å². The molecule has 0 radical (unpaired) electrons. The molecular weight excluding hydrogens is 164 g/mol. The first-order valence-corrected chi connectivity index (χ1v) is 4.88. The van der Waals surface area contributed by atoms with Crippen LogP contribution in [0.1, 0.15) is 19.3 Å². The van der Waals surface area contributed by atoms with Gasteiger partial charge < -0.3 is 10.2 Å². The predicted octanol–water partition coefficient (Wildman–Crippen LogP) is 1.44. The van der Waals surface area contributed by atoms with Crippen LogP contribution >= 0.6 is 0 Å². The molecule has 13 heavy (non-hydrogen) atoms. The second-order valence-corrected chi connectivity index (χ2v) is 3.44. The van der Waals surface area contributed by atoms with E-state index in [0.29, 0.717) is 0 Å². The highest BCUT2D eigenvalue weighted by molar-refractivity contribution is 5.49. The summed E-state index contributed by atoms with van der Waals surface area (Å²) in [5, 5.41) is 10.2. The molecule has 1 aromatic heterocycles. The molecule has 1 saturated heterocycles. The van der Waals surface area contributed by atoms with Crippen LogP contribution in [-0.4, -0.2) is 30.3 Å². The molecule has 0 amide bonds. The minimum atomic E-state index is 0.987. The number of piperidine rings is 1. The molecule has 0 aliphatic carbocycles. The maximum absolute atomic E-state index is 4.25. The Kier molecular flexibility index (Phi) is 2.38. The molecule has 0 aromatic carbocycles. The topological polar surface area (TPSA) is 44.0 Å². The lowest BCUT2D eigenvalue weighted by Crippen LogP contribution is -2.29. The summed E-state index contributed by atoms with van der Waals surface area (Å²) in [5.41, 5.74) is 0. The average Bonchev–Trinajstić information content (AvgIpc) is 2.67. The summed E-state index contributed by atoms with van der Waals surface area (Å²) in [6.07, 6.45) is 3.95. The summed E-state index contributed by atoms with van der Waals surface area (Å²) in [5.74, 6) is 2.06. The van der Waals surface area contributed by atoms with Gasteiger partial charge in [-0.05, 0) is 19.3 Å². The monoisotopic (exact) mass is 180 g/mol. The molecule has 1 fully saturated rings. The summed E-state index contributed by atoms with van der Waals surface area (Å²) in [4.78, 5) is 2.33. The number of aromatic nitrogens is 2. The maximum Gasteiger partial charge on any atom is 0.152 e. The number of hydrogen-bond acceptors (Lipinski definition) is 3. The van der Waals surface area contributed by atoms with Gasteiger partial charge in [-0.3, -0.25) is 5.10 Å². The SMILES string of the molecule is CNc1cc(N2CCCCC2)n[nH]1. The van der Waals surface area contributed by atoms with Crippen molar-refractivity contribution in [3.63, 3.8) is 0 Å². The molecule has 2 rings (SSSR count). The second-order valence-electron chi connectivity index (χ2n) is 3.44. The predicted molar refractivity (Wildman–Crippen MR) is 54.2 cm³/mol. The van der Waals surface area contributed by atoms with E-state index in [2.05, 4.69) is 26.5 Å². The van der Waals surface area contributed by atoms with Crippen molar-refractivity contribution >= 4 is 11.6 Å². The van der Waals surface area contributed by atoms with Crippen molar-refractivity contribution in [2.24, 2.45) is 0 Å². The molecule has 2 heterocycles. The Hall–Kier alpha value is -1.19. The molecule has 1 aromatic rings. The van der Waals surface area contributed by atoms with Gasteiger partial charge >= 0.3 is 0 Å². The zero-order valence-electron chi connectivity index (χ0n) is 8.01. The minimum Gasteiger partial charge on any atom is -0.373 e. The average molecular weight is 180 g/mol. The van der Waals surface area contributed by atoms with Crippen LogP contribution in [0, 0.1) is 0 Å². The van der Waals surface area contributed by atoms with Crippen molar-refractivity contribution in [3.05, 3.63) is 6.07 Å². The second kappa shape index (κ2) is 3.68. The van der Waals surface area contributed by atoms with Crippen LogP contribution in [0.25, 0.3) is 0 Å². The van der Waals surface area contributed by atoms with Crippen molar-refractivity contribution in [2.45, 2.75) is 19.3 Å². The van der Waals surface area contributed by atoms with Crippen molar-refractivity contribution < 1.29 is 0 Å². The van der Waals surface area contributed by atoms with E-state index in [1.807, 2.05) is 7.05 Å². The molecule has 72 valence electrons. The minimum absolute atomic E-state index is 0.987. The number of anilines is 2. The highest BCUT2D eigenvalue weighted by atomic mass is 15.3. The standard InChI is InChI=1S/C9H16N4/c1-10-8-7-9(12-11-8)13-5-3-2-4-6-13/h7H,2-6H2,1H3,(H2,10,11,12). The summed E-state index contributed by atoms with van der Waals surface area (Å²) in [6, 6.07) is 2.06. The van der Waals surface area contributed by atoms with Crippen molar-refractivity contribution in [1.29, 1.82) is 0 Å². The molecule has 1 aliphatic rings. The van der Waals surface area contributed by atoms with E-state index in [4.69, 9.17) is 0 Å². The van der Waals surface area contributed by atoms with Gasteiger partial charge in [0.2, 0.25) is 0 Å². The molecule has 0 atom stereocenters. The fourth-order valence-corrected chi connectivity index (χ4v) is 1.72. The lowest BCUT2D eigenvalue weighted by atomic mass is 10.1. The molecule has 4 heteroatoms. The van der Waals surface area contributed by atoms with E-state index in [0.717, 1.165) is 24.7 Å². The first-order valence-electron chi connectivity index (χ1n) is 4.88. The van der Waals surface area contributed by atoms with Gasteiger partial charge in [-0.2, -0.15) is 5.10 Å². The Morgan fingerprint density at radius 2 is 2.15 bits per heavy atom. The number of rotatable bonds is 2. The summed E-state index contributed by atoms with van der Waals surface area (Å²) >= 11 is 0. The van der Waals surface area contributed by atoms with Gasteiger partial charge in [0.05, 0.1) is 0 Å². The third-order valence-electron chi connectivity index (χ3n) is 2.51. The Balaban J connectivity index is 2.05. The molecule has 4 nitrogen and oxygen atoms in total. The van der Waals surface area contributed by atoms with Gasteiger partial charge in [0.1, 0.15) is 5.82 Å². The molecule has 0 bridgehead atoms. The smallest absolute Gasteiger partial charge is 0.152 e. The Bertz CT molecular complexity index is 262. The van der Waals surface area contributed by atoms with Gasteiger partial charge in [-0.15, -0.1) is 0 Å². The molecule has 0 saturated carbocycles. The molecule has 2 N–H and O–H groups in total.